The monoisotopic (exact) mass is 270 g/mol. The number of piperazine rings is 1. The topological polar surface area (TPSA) is 15.3 Å². The molecule has 1 aromatic heterocycles. The van der Waals surface area contributed by atoms with E-state index in [-0.39, 0.29) is 0 Å². The van der Waals surface area contributed by atoms with Crippen molar-refractivity contribution in [3.8, 4) is 0 Å². The second kappa shape index (κ2) is 5.27. The molecule has 1 saturated heterocycles. The minimum atomic E-state index is 0.628. The van der Waals surface area contributed by atoms with E-state index in [0.717, 1.165) is 23.3 Å². The van der Waals surface area contributed by atoms with Gasteiger partial charge in [0.05, 0.1) is 4.34 Å². The number of nitrogens with one attached hydrogen (secondary N) is 1. The molecule has 1 aromatic rings. The predicted molar refractivity (Wildman–Crippen MR) is 73.9 cm³/mol. The molecular weight excluding hydrogens is 252 g/mol. The molecule has 4 heteroatoms. The summed E-state index contributed by atoms with van der Waals surface area (Å²) in [4.78, 5) is 4.13. The van der Waals surface area contributed by atoms with E-state index < -0.39 is 0 Å². The van der Waals surface area contributed by atoms with Gasteiger partial charge in [0.1, 0.15) is 0 Å². The molecule has 1 aliphatic heterocycles. The summed E-state index contributed by atoms with van der Waals surface area (Å²) in [6.07, 6.45) is 4.20. The lowest BCUT2D eigenvalue weighted by atomic mass is 9.78. The summed E-state index contributed by atoms with van der Waals surface area (Å²) in [5.74, 6) is 0.864. The van der Waals surface area contributed by atoms with Crippen molar-refractivity contribution in [2.45, 2.75) is 25.3 Å². The van der Waals surface area contributed by atoms with Crippen LogP contribution >= 0.6 is 22.9 Å². The van der Waals surface area contributed by atoms with E-state index in [4.69, 9.17) is 11.6 Å². The van der Waals surface area contributed by atoms with Crippen LogP contribution in [0.3, 0.4) is 0 Å². The number of nitrogens with zero attached hydrogens (tertiary/aromatic N) is 1. The molecular formula is C13H19ClN2S. The van der Waals surface area contributed by atoms with Crippen molar-refractivity contribution in [1.82, 2.24) is 10.2 Å². The first kappa shape index (κ1) is 12.0. The van der Waals surface area contributed by atoms with Crippen LogP contribution in [0, 0.1) is 5.92 Å². The van der Waals surface area contributed by atoms with Crippen LogP contribution in [0.1, 0.15) is 30.2 Å². The van der Waals surface area contributed by atoms with Crippen LogP contribution < -0.4 is 5.32 Å². The Morgan fingerprint density at radius 1 is 1.29 bits per heavy atom. The molecule has 1 aliphatic carbocycles. The standard InChI is InChI=1S/C13H19ClN2S/c14-12-5-4-11(17-12)13(10-2-1-3-10)16-8-6-15-7-9-16/h4-5,10,13,15H,1-3,6-9H2. The van der Waals surface area contributed by atoms with Gasteiger partial charge in [-0.05, 0) is 30.9 Å². The van der Waals surface area contributed by atoms with Gasteiger partial charge in [-0.2, -0.15) is 0 Å². The smallest absolute Gasteiger partial charge is 0.0931 e. The minimum Gasteiger partial charge on any atom is -0.314 e. The van der Waals surface area contributed by atoms with Gasteiger partial charge in [-0.25, -0.2) is 0 Å². The first-order valence-corrected chi connectivity index (χ1v) is 7.74. The molecule has 2 heterocycles. The van der Waals surface area contributed by atoms with Gasteiger partial charge < -0.3 is 5.32 Å². The summed E-state index contributed by atoms with van der Waals surface area (Å²) in [5.41, 5.74) is 0. The Bertz CT molecular complexity index is 369. The highest BCUT2D eigenvalue weighted by atomic mass is 35.5. The zero-order chi connectivity index (χ0) is 11.7. The molecule has 3 rings (SSSR count). The molecule has 1 atom stereocenters. The van der Waals surface area contributed by atoms with Crippen LogP contribution in [0.5, 0.6) is 0 Å². The Morgan fingerprint density at radius 3 is 2.59 bits per heavy atom. The minimum absolute atomic E-state index is 0.628. The van der Waals surface area contributed by atoms with E-state index in [1.807, 2.05) is 0 Å². The summed E-state index contributed by atoms with van der Waals surface area (Å²) in [7, 11) is 0. The normalized spacial score (nSPS) is 24.5. The molecule has 2 aliphatic rings. The van der Waals surface area contributed by atoms with Gasteiger partial charge in [0.2, 0.25) is 0 Å². The summed E-state index contributed by atoms with van der Waals surface area (Å²) in [6, 6.07) is 4.91. The number of hydrogen-bond donors (Lipinski definition) is 1. The zero-order valence-electron chi connectivity index (χ0n) is 9.99. The highest BCUT2D eigenvalue weighted by Crippen LogP contribution is 2.44. The summed E-state index contributed by atoms with van der Waals surface area (Å²) in [5, 5.41) is 3.44. The van der Waals surface area contributed by atoms with E-state index in [0.29, 0.717) is 6.04 Å². The molecule has 17 heavy (non-hydrogen) atoms. The van der Waals surface area contributed by atoms with Crippen molar-refractivity contribution in [1.29, 1.82) is 0 Å². The van der Waals surface area contributed by atoms with Crippen LogP contribution in [0.15, 0.2) is 12.1 Å². The molecule has 0 bridgehead atoms. The second-order valence-electron chi connectivity index (χ2n) is 5.06. The van der Waals surface area contributed by atoms with Crippen molar-refractivity contribution in [3.63, 3.8) is 0 Å². The van der Waals surface area contributed by atoms with Gasteiger partial charge >= 0.3 is 0 Å². The molecule has 2 fully saturated rings. The van der Waals surface area contributed by atoms with E-state index in [2.05, 4.69) is 22.3 Å². The van der Waals surface area contributed by atoms with Gasteiger partial charge in [-0.3, -0.25) is 4.90 Å². The third kappa shape index (κ3) is 2.53. The van der Waals surface area contributed by atoms with E-state index >= 15 is 0 Å². The van der Waals surface area contributed by atoms with Crippen molar-refractivity contribution in [2.24, 2.45) is 5.92 Å². The number of halogens is 1. The van der Waals surface area contributed by atoms with Gasteiger partial charge in [-0.15, -0.1) is 11.3 Å². The van der Waals surface area contributed by atoms with Crippen molar-refractivity contribution in [3.05, 3.63) is 21.3 Å². The maximum absolute atomic E-state index is 6.10. The summed E-state index contributed by atoms with van der Waals surface area (Å²) in [6.45, 7) is 4.61. The maximum Gasteiger partial charge on any atom is 0.0931 e. The number of rotatable bonds is 3. The molecule has 1 N–H and O–H groups in total. The second-order valence-corrected chi connectivity index (χ2v) is 6.81. The van der Waals surface area contributed by atoms with Crippen LogP contribution in [0.4, 0.5) is 0 Å². The van der Waals surface area contributed by atoms with Crippen LogP contribution in [-0.2, 0) is 0 Å². The van der Waals surface area contributed by atoms with Crippen molar-refractivity contribution in [2.75, 3.05) is 26.2 Å². The van der Waals surface area contributed by atoms with Gasteiger partial charge in [0.25, 0.3) is 0 Å². The molecule has 94 valence electrons. The highest BCUT2D eigenvalue weighted by Gasteiger charge is 2.34. The third-order valence-corrected chi connectivity index (χ3v) is 5.33. The quantitative estimate of drug-likeness (QED) is 0.908. The fraction of sp³-hybridized carbons (Fsp3) is 0.692. The SMILES string of the molecule is Clc1ccc(C(C2CCC2)N2CCNCC2)s1. The fourth-order valence-electron chi connectivity index (χ4n) is 2.91. The van der Waals surface area contributed by atoms with Crippen LogP contribution in [0.2, 0.25) is 4.34 Å². The Hall–Kier alpha value is -0.0900. The molecule has 1 saturated carbocycles. The highest BCUT2D eigenvalue weighted by molar-refractivity contribution is 7.16. The van der Waals surface area contributed by atoms with E-state index in [1.165, 1.54) is 37.2 Å². The lowest BCUT2D eigenvalue weighted by molar-refractivity contribution is 0.0861. The Morgan fingerprint density at radius 2 is 2.06 bits per heavy atom. The van der Waals surface area contributed by atoms with Gasteiger partial charge in [-0.1, -0.05) is 18.0 Å². The average molecular weight is 271 g/mol. The van der Waals surface area contributed by atoms with E-state index in [1.54, 1.807) is 11.3 Å². The molecule has 0 amide bonds. The fourth-order valence-corrected chi connectivity index (χ4v) is 4.20. The van der Waals surface area contributed by atoms with E-state index in [9.17, 15) is 0 Å². The van der Waals surface area contributed by atoms with Gasteiger partial charge in [0.15, 0.2) is 0 Å². The largest absolute Gasteiger partial charge is 0.314 e. The lowest BCUT2D eigenvalue weighted by Crippen LogP contribution is -2.47. The molecule has 0 aromatic carbocycles. The number of thiophene rings is 1. The Balaban J connectivity index is 1.80. The van der Waals surface area contributed by atoms with Crippen molar-refractivity contribution < 1.29 is 0 Å². The van der Waals surface area contributed by atoms with Crippen LogP contribution in [-0.4, -0.2) is 31.1 Å². The Labute approximate surface area is 112 Å². The van der Waals surface area contributed by atoms with Crippen LogP contribution in [0.25, 0.3) is 0 Å². The molecule has 1 unspecified atom stereocenters. The maximum atomic E-state index is 6.10. The summed E-state index contributed by atoms with van der Waals surface area (Å²) >= 11 is 7.87. The van der Waals surface area contributed by atoms with Gasteiger partial charge in [0, 0.05) is 37.1 Å². The average Bonchev–Trinajstić information content (AvgIpc) is 2.71. The molecule has 2 nitrogen and oxygen atoms in total. The first-order valence-electron chi connectivity index (χ1n) is 6.54. The van der Waals surface area contributed by atoms with Crippen molar-refractivity contribution >= 4 is 22.9 Å². The lowest BCUT2D eigenvalue weighted by Gasteiger charge is -2.42. The molecule has 0 radical (unpaired) electrons. The zero-order valence-corrected chi connectivity index (χ0v) is 11.6. The summed E-state index contributed by atoms with van der Waals surface area (Å²) < 4.78 is 0.930. The first-order chi connectivity index (χ1) is 8.34. The Kier molecular flexibility index (Phi) is 3.71. The molecule has 0 spiro atoms. The third-order valence-electron chi connectivity index (χ3n) is 4.03. The predicted octanol–water partition coefficient (Wildman–Crippen LogP) is 3.15. The number of hydrogen-bond acceptors (Lipinski definition) is 3.